The fourth-order valence-corrected chi connectivity index (χ4v) is 2.53. The van der Waals surface area contributed by atoms with Crippen LogP contribution in [0.2, 0.25) is 0 Å². The molecule has 2 rings (SSSR count). The van der Waals surface area contributed by atoms with E-state index in [1.807, 2.05) is 24.3 Å². The van der Waals surface area contributed by atoms with Gasteiger partial charge in [-0.25, -0.2) is 0 Å². The Labute approximate surface area is 104 Å². The van der Waals surface area contributed by atoms with E-state index in [0.717, 1.165) is 24.0 Å². The van der Waals surface area contributed by atoms with E-state index in [0.29, 0.717) is 0 Å². The second-order valence-corrected chi connectivity index (χ2v) is 4.73. The van der Waals surface area contributed by atoms with Crippen LogP contribution in [0.25, 0.3) is 0 Å². The van der Waals surface area contributed by atoms with Crippen molar-refractivity contribution in [2.24, 2.45) is 0 Å². The first-order valence-electron chi connectivity index (χ1n) is 6.14. The first-order chi connectivity index (χ1) is 8.47. The molecule has 0 saturated heterocycles. The number of alkyl halides is 3. The molecule has 0 spiro atoms. The van der Waals surface area contributed by atoms with Crippen molar-refractivity contribution < 1.29 is 18.0 Å². The van der Waals surface area contributed by atoms with E-state index in [9.17, 15) is 18.0 Å². The lowest BCUT2D eigenvalue weighted by Gasteiger charge is -2.11. The van der Waals surface area contributed by atoms with Gasteiger partial charge in [0, 0.05) is 18.8 Å². The van der Waals surface area contributed by atoms with Crippen LogP contribution in [0, 0.1) is 0 Å². The molecule has 0 amide bonds. The number of halogens is 3. The van der Waals surface area contributed by atoms with Crippen LogP contribution in [0.3, 0.4) is 0 Å². The molecule has 0 aromatic heterocycles. The van der Waals surface area contributed by atoms with E-state index < -0.39 is 12.6 Å². The molecule has 18 heavy (non-hydrogen) atoms. The molecular formula is C14H15F3O. The molecular weight excluding hydrogens is 241 g/mol. The number of carbonyl (C=O) groups is 1. The third-order valence-electron chi connectivity index (χ3n) is 3.40. The van der Waals surface area contributed by atoms with Crippen molar-refractivity contribution in [1.29, 1.82) is 0 Å². The van der Waals surface area contributed by atoms with Gasteiger partial charge in [0.2, 0.25) is 0 Å². The van der Waals surface area contributed by atoms with E-state index in [-0.39, 0.29) is 24.5 Å². The maximum atomic E-state index is 12.0. The highest BCUT2D eigenvalue weighted by Gasteiger charge is 2.30. The predicted octanol–water partition coefficient (Wildman–Crippen LogP) is 4.02. The van der Waals surface area contributed by atoms with E-state index in [1.54, 1.807) is 0 Å². The van der Waals surface area contributed by atoms with Crippen LogP contribution >= 0.6 is 0 Å². The molecule has 0 radical (unpaired) electrons. The van der Waals surface area contributed by atoms with Crippen molar-refractivity contribution in [1.82, 2.24) is 0 Å². The molecule has 98 valence electrons. The second kappa shape index (κ2) is 5.12. The van der Waals surface area contributed by atoms with Gasteiger partial charge in [0.1, 0.15) is 5.78 Å². The average Bonchev–Trinajstić information content (AvgIpc) is 2.70. The summed E-state index contributed by atoms with van der Waals surface area (Å²) in [5.74, 6) is -0.237. The monoisotopic (exact) mass is 256 g/mol. The lowest BCUT2D eigenvalue weighted by molar-refractivity contribution is -0.137. The maximum Gasteiger partial charge on any atom is 0.389 e. The zero-order valence-electron chi connectivity index (χ0n) is 9.96. The fraction of sp³-hybridized carbons (Fsp3) is 0.500. The van der Waals surface area contributed by atoms with Crippen LogP contribution < -0.4 is 0 Å². The van der Waals surface area contributed by atoms with Crippen molar-refractivity contribution in [3.63, 3.8) is 0 Å². The summed E-state index contributed by atoms with van der Waals surface area (Å²) >= 11 is 0. The van der Waals surface area contributed by atoms with Gasteiger partial charge in [-0.2, -0.15) is 13.2 Å². The molecule has 1 aromatic carbocycles. The van der Waals surface area contributed by atoms with Crippen molar-refractivity contribution in [2.45, 2.75) is 44.2 Å². The Kier molecular flexibility index (Phi) is 3.73. The third kappa shape index (κ3) is 3.12. The number of fused-ring (bicyclic) bond motifs is 1. The highest BCUT2D eigenvalue weighted by Crippen LogP contribution is 2.35. The van der Waals surface area contributed by atoms with Gasteiger partial charge in [0.25, 0.3) is 0 Å². The minimum Gasteiger partial charge on any atom is -0.299 e. The molecule has 4 heteroatoms. The summed E-state index contributed by atoms with van der Waals surface area (Å²) in [4.78, 5) is 11.9. The summed E-state index contributed by atoms with van der Waals surface area (Å²) in [5, 5.41) is 0. The summed E-state index contributed by atoms with van der Waals surface area (Å²) in [5.41, 5.74) is 2.17. The summed E-state index contributed by atoms with van der Waals surface area (Å²) in [6.07, 6.45) is -3.50. The van der Waals surface area contributed by atoms with Gasteiger partial charge in [-0.3, -0.25) is 4.79 Å². The first kappa shape index (κ1) is 13.1. The highest BCUT2D eigenvalue weighted by molar-refractivity contribution is 5.86. The number of rotatable bonds is 4. The number of hydrogen-bond acceptors (Lipinski definition) is 1. The Morgan fingerprint density at radius 3 is 2.72 bits per heavy atom. The van der Waals surface area contributed by atoms with Crippen LogP contribution in [0.15, 0.2) is 24.3 Å². The van der Waals surface area contributed by atoms with Gasteiger partial charge in [-0.1, -0.05) is 24.3 Å². The van der Waals surface area contributed by atoms with Gasteiger partial charge < -0.3 is 0 Å². The van der Waals surface area contributed by atoms with E-state index >= 15 is 0 Å². The zero-order chi connectivity index (χ0) is 13.2. The number of benzene rings is 1. The number of aryl methyl sites for hydroxylation is 1. The van der Waals surface area contributed by atoms with E-state index in [2.05, 4.69) is 0 Å². The molecule has 0 saturated carbocycles. The van der Waals surface area contributed by atoms with Gasteiger partial charge in [-0.05, 0) is 30.4 Å². The van der Waals surface area contributed by atoms with Crippen molar-refractivity contribution in [2.75, 3.05) is 0 Å². The Morgan fingerprint density at radius 2 is 2.00 bits per heavy atom. The molecule has 0 heterocycles. The Morgan fingerprint density at radius 1 is 1.28 bits per heavy atom. The largest absolute Gasteiger partial charge is 0.389 e. The van der Waals surface area contributed by atoms with Gasteiger partial charge in [0.05, 0.1) is 0 Å². The predicted molar refractivity (Wildman–Crippen MR) is 62.4 cm³/mol. The first-order valence-corrected chi connectivity index (χ1v) is 6.14. The minimum absolute atomic E-state index is 0.0263. The molecule has 0 N–H and O–H groups in total. The van der Waals surface area contributed by atoms with Crippen LogP contribution in [0.4, 0.5) is 13.2 Å². The minimum atomic E-state index is -4.16. The summed E-state index contributed by atoms with van der Waals surface area (Å²) in [6.45, 7) is 0. The topological polar surface area (TPSA) is 17.1 Å². The number of Topliss-reactive ketones (excluding diaryl/α,β-unsaturated/α-hetero) is 1. The SMILES string of the molecule is O=C(CCCC(F)(F)F)C1CCc2ccccc21. The van der Waals surface area contributed by atoms with E-state index in [4.69, 9.17) is 0 Å². The molecule has 1 aliphatic rings. The molecule has 1 unspecified atom stereocenters. The van der Waals surface area contributed by atoms with Crippen LogP contribution in [-0.4, -0.2) is 12.0 Å². The van der Waals surface area contributed by atoms with Gasteiger partial charge in [-0.15, -0.1) is 0 Å². The van der Waals surface area contributed by atoms with Crippen molar-refractivity contribution >= 4 is 5.78 Å². The van der Waals surface area contributed by atoms with Crippen LogP contribution in [0.5, 0.6) is 0 Å². The van der Waals surface area contributed by atoms with Crippen LogP contribution in [0.1, 0.15) is 42.7 Å². The smallest absolute Gasteiger partial charge is 0.299 e. The fourth-order valence-electron chi connectivity index (χ4n) is 2.53. The maximum absolute atomic E-state index is 12.0. The Hall–Kier alpha value is -1.32. The third-order valence-corrected chi connectivity index (χ3v) is 3.40. The highest BCUT2D eigenvalue weighted by atomic mass is 19.4. The summed E-state index contributed by atoms with van der Waals surface area (Å²) in [7, 11) is 0. The number of ketones is 1. The Balaban J connectivity index is 1.92. The van der Waals surface area contributed by atoms with Gasteiger partial charge in [0.15, 0.2) is 0 Å². The summed E-state index contributed by atoms with van der Waals surface area (Å²) < 4.78 is 36.0. The second-order valence-electron chi connectivity index (χ2n) is 4.73. The molecule has 1 aliphatic carbocycles. The lowest BCUT2D eigenvalue weighted by atomic mass is 9.93. The van der Waals surface area contributed by atoms with E-state index in [1.165, 1.54) is 0 Å². The van der Waals surface area contributed by atoms with Crippen LogP contribution in [-0.2, 0) is 11.2 Å². The molecule has 0 fully saturated rings. The summed E-state index contributed by atoms with van der Waals surface area (Å²) in [6, 6.07) is 7.70. The molecule has 1 nitrogen and oxygen atoms in total. The Bertz CT molecular complexity index is 437. The average molecular weight is 256 g/mol. The standard InChI is InChI=1S/C14H15F3O/c15-14(16,17)9-3-6-13(18)12-8-7-10-4-1-2-5-11(10)12/h1-2,4-5,12H,3,6-9H2. The molecule has 1 aromatic rings. The van der Waals surface area contributed by atoms with Crippen molar-refractivity contribution in [3.8, 4) is 0 Å². The molecule has 0 aliphatic heterocycles. The number of hydrogen-bond donors (Lipinski definition) is 0. The zero-order valence-corrected chi connectivity index (χ0v) is 9.96. The van der Waals surface area contributed by atoms with Gasteiger partial charge >= 0.3 is 6.18 Å². The van der Waals surface area contributed by atoms with Crippen molar-refractivity contribution in [3.05, 3.63) is 35.4 Å². The normalized spacial score (nSPS) is 18.7. The molecule has 1 atom stereocenters. The molecule has 0 bridgehead atoms. The number of carbonyl (C=O) groups excluding carboxylic acids is 1. The quantitative estimate of drug-likeness (QED) is 0.795. The lowest BCUT2D eigenvalue weighted by Crippen LogP contribution is -2.12.